The maximum Gasteiger partial charge on any atom is 0.320 e. The van der Waals surface area contributed by atoms with Crippen molar-refractivity contribution in [2.45, 2.75) is 52.1 Å². The van der Waals surface area contributed by atoms with E-state index in [0.29, 0.717) is 30.3 Å². The van der Waals surface area contributed by atoms with E-state index >= 15 is 0 Å². The number of aryl methyl sites for hydroxylation is 1. The molecule has 3 heterocycles. The topological polar surface area (TPSA) is 141 Å². The monoisotopic (exact) mass is 569 g/mol. The van der Waals surface area contributed by atoms with E-state index in [1.807, 2.05) is 22.8 Å². The Bertz CT molecular complexity index is 1280. The Kier molecular flexibility index (Phi) is 11.1. The Balaban J connectivity index is 1.48. The van der Waals surface area contributed by atoms with Crippen molar-refractivity contribution in [1.29, 1.82) is 0 Å². The molecule has 0 radical (unpaired) electrons. The first-order valence-electron chi connectivity index (χ1n) is 14.4. The second-order valence-electron chi connectivity index (χ2n) is 10.4. The van der Waals surface area contributed by atoms with Crippen LogP contribution in [0.4, 0.5) is 5.82 Å². The van der Waals surface area contributed by atoms with Gasteiger partial charge in [-0.2, -0.15) is 15.0 Å². The summed E-state index contributed by atoms with van der Waals surface area (Å²) >= 11 is 0. The number of ether oxygens (including phenoxy) is 3. The van der Waals surface area contributed by atoms with Crippen LogP contribution in [0.15, 0.2) is 24.3 Å². The van der Waals surface area contributed by atoms with Gasteiger partial charge in [0.25, 0.3) is 6.01 Å². The molecule has 3 aromatic rings. The number of nitrogens with zero attached hydrogens (tertiary/aromatic N) is 6. The molecule has 0 spiro atoms. The van der Waals surface area contributed by atoms with E-state index in [0.717, 1.165) is 82.9 Å². The van der Waals surface area contributed by atoms with Gasteiger partial charge in [-0.25, -0.2) is 0 Å². The Morgan fingerprint density at radius 3 is 2.71 bits per heavy atom. The minimum Gasteiger partial charge on any atom is -0.481 e. The second-order valence-corrected chi connectivity index (χ2v) is 10.4. The van der Waals surface area contributed by atoms with Crippen LogP contribution in [0.5, 0.6) is 12.0 Å². The van der Waals surface area contributed by atoms with E-state index in [4.69, 9.17) is 19.9 Å². The number of methoxy groups -OCH3 is 1. The Labute approximate surface area is 241 Å². The van der Waals surface area contributed by atoms with Gasteiger partial charge in [-0.05, 0) is 30.9 Å². The number of carboxylic acid groups (broad SMARTS) is 1. The van der Waals surface area contributed by atoms with Gasteiger partial charge in [-0.3, -0.25) is 19.2 Å². The summed E-state index contributed by atoms with van der Waals surface area (Å²) in [4.78, 5) is 29.8. The van der Waals surface area contributed by atoms with E-state index in [2.05, 4.69) is 37.7 Å². The van der Waals surface area contributed by atoms with Gasteiger partial charge in [-0.1, -0.05) is 37.6 Å². The van der Waals surface area contributed by atoms with Gasteiger partial charge in [0, 0.05) is 45.8 Å². The first-order valence-corrected chi connectivity index (χ1v) is 14.4. The smallest absolute Gasteiger partial charge is 0.320 e. The molecule has 0 bridgehead atoms. The number of hydrogen-bond acceptors (Lipinski definition) is 10. The first kappa shape index (κ1) is 30.5. The lowest BCUT2D eigenvalue weighted by atomic mass is 9.99. The summed E-state index contributed by atoms with van der Waals surface area (Å²) in [6.07, 6.45) is 2.72. The summed E-state index contributed by atoms with van der Waals surface area (Å²) in [5, 5.41) is 9.48. The largest absolute Gasteiger partial charge is 0.481 e. The SMILES string of the molecule is CCCCOc1nc(N)c2nc(OC)n(CCCN(CCN3CCOCC3)Cc3cccc(C(C)C(=O)O)c3)c2n1. The fourth-order valence-corrected chi connectivity index (χ4v) is 4.90. The highest BCUT2D eigenvalue weighted by molar-refractivity contribution is 5.83. The number of nitrogens with two attached hydrogens (primary N) is 1. The maximum atomic E-state index is 11.5. The number of morpholine rings is 1. The molecule has 0 amide bonds. The maximum absolute atomic E-state index is 11.5. The van der Waals surface area contributed by atoms with Crippen LogP contribution >= 0.6 is 0 Å². The molecule has 0 aliphatic carbocycles. The third kappa shape index (κ3) is 8.27. The highest BCUT2D eigenvalue weighted by Gasteiger charge is 2.19. The molecule has 1 aliphatic heterocycles. The van der Waals surface area contributed by atoms with Crippen molar-refractivity contribution in [2.75, 3.05) is 65.4 Å². The molecule has 1 saturated heterocycles. The quantitative estimate of drug-likeness (QED) is 0.246. The van der Waals surface area contributed by atoms with E-state index in [-0.39, 0.29) is 11.8 Å². The van der Waals surface area contributed by atoms with Gasteiger partial charge in [0.2, 0.25) is 0 Å². The Hall–Kier alpha value is -3.48. The summed E-state index contributed by atoms with van der Waals surface area (Å²) in [6, 6.07) is 8.57. The highest BCUT2D eigenvalue weighted by Crippen LogP contribution is 2.26. The number of carboxylic acids is 1. The van der Waals surface area contributed by atoms with Crippen molar-refractivity contribution < 1.29 is 24.1 Å². The fraction of sp³-hybridized carbons (Fsp3) is 0.586. The number of rotatable bonds is 16. The number of aromatic nitrogens is 4. The van der Waals surface area contributed by atoms with Crippen molar-refractivity contribution in [1.82, 2.24) is 29.3 Å². The molecule has 4 rings (SSSR count). The molecule has 41 heavy (non-hydrogen) atoms. The molecule has 3 N–H and O–H groups in total. The van der Waals surface area contributed by atoms with Crippen LogP contribution < -0.4 is 15.2 Å². The molecular weight excluding hydrogens is 526 g/mol. The minimum atomic E-state index is -0.823. The molecule has 0 saturated carbocycles. The normalized spacial score (nSPS) is 14.9. The summed E-state index contributed by atoms with van der Waals surface area (Å²) in [5.74, 6) is -1.11. The summed E-state index contributed by atoms with van der Waals surface area (Å²) in [5.41, 5.74) is 9.20. The average molecular weight is 570 g/mol. The number of fused-ring (bicyclic) bond motifs is 1. The zero-order chi connectivity index (χ0) is 29.2. The van der Waals surface area contributed by atoms with Crippen molar-refractivity contribution >= 4 is 23.0 Å². The van der Waals surface area contributed by atoms with E-state index in [1.54, 1.807) is 14.0 Å². The first-order chi connectivity index (χ1) is 19.9. The van der Waals surface area contributed by atoms with Crippen LogP contribution in [0.3, 0.4) is 0 Å². The fourth-order valence-electron chi connectivity index (χ4n) is 4.90. The van der Waals surface area contributed by atoms with Crippen LogP contribution in [-0.4, -0.2) is 100 Å². The molecule has 12 heteroatoms. The second kappa shape index (κ2) is 14.9. The molecule has 1 aliphatic rings. The molecular formula is C29H43N7O5. The summed E-state index contributed by atoms with van der Waals surface area (Å²) in [6.45, 7) is 11.7. The molecule has 1 fully saturated rings. The third-order valence-corrected chi connectivity index (χ3v) is 7.40. The van der Waals surface area contributed by atoms with Crippen molar-refractivity contribution in [3.63, 3.8) is 0 Å². The third-order valence-electron chi connectivity index (χ3n) is 7.40. The van der Waals surface area contributed by atoms with Crippen LogP contribution in [0.1, 0.15) is 50.2 Å². The molecule has 1 atom stereocenters. The lowest BCUT2D eigenvalue weighted by Crippen LogP contribution is -2.41. The average Bonchev–Trinajstić information content (AvgIpc) is 3.34. The van der Waals surface area contributed by atoms with E-state index < -0.39 is 11.9 Å². The lowest BCUT2D eigenvalue weighted by molar-refractivity contribution is -0.138. The van der Waals surface area contributed by atoms with Crippen LogP contribution in [0.2, 0.25) is 0 Å². The number of nitrogen functional groups attached to an aromatic ring is 1. The van der Waals surface area contributed by atoms with E-state index in [9.17, 15) is 9.90 Å². The lowest BCUT2D eigenvalue weighted by Gasteiger charge is -2.30. The van der Waals surface area contributed by atoms with Crippen molar-refractivity contribution in [2.24, 2.45) is 0 Å². The zero-order valence-electron chi connectivity index (χ0n) is 24.4. The number of aliphatic carboxylic acids is 1. The number of anilines is 1. The number of hydrogen-bond donors (Lipinski definition) is 2. The molecule has 1 unspecified atom stereocenters. The Morgan fingerprint density at radius 1 is 1.17 bits per heavy atom. The predicted molar refractivity (Wildman–Crippen MR) is 156 cm³/mol. The van der Waals surface area contributed by atoms with Gasteiger partial charge in [0.05, 0.1) is 32.8 Å². The van der Waals surface area contributed by atoms with Gasteiger partial charge < -0.3 is 25.1 Å². The number of unbranched alkanes of at least 4 members (excludes halogenated alkanes) is 1. The minimum absolute atomic E-state index is 0.245. The number of benzene rings is 1. The summed E-state index contributed by atoms with van der Waals surface area (Å²) < 4.78 is 18.7. The number of imidazole rings is 1. The Morgan fingerprint density at radius 2 is 1.98 bits per heavy atom. The number of carbonyl (C=O) groups is 1. The van der Waals surface area contributed by atoms with Crippen LogP contribution in [-0.2, 0) is 22.6 Å². The van der Waals surface area contributed by atoms with Gasteiger partial charge >= 0.3 is 12.0 Å². The van der Waals surface area contributed by atoms with Gasteiger partial charge in [-0.15, -0.1) is 0 Å². The van der Waals surface area contributed by atoms with Crippen LogP contribution in [0.25, 0.3) is 11.2 Å². The summed E-state index contributed by atoms with van der Waals surface area (Å²) in [7, 11) is 1.58. The highest BCUT2D eigenvalue weighted by atomic mass is 16.5. The molecule has 1 aromatic carbocycles. The predicted octanol–water partition coefficient (Wildman–Crippen LogP) is 3.01. The van der Waals surface area contributed by atoms with Crippen LogP contribution in [0, 0.1) is 0 Å². The van der Waals surface area contributed by atoms with Crippen molar-refractivity contribution in [3.8, 4) is 12.0 Å². The van der Waals surface area contributed by atoms with Crippen molar-refractivity contribution in [3.05, 3.63) is 35.4 Å². The van der Waals surface area contributed by atoms with Gasteiger partial charge in [0.1, 0.15) is 0 Å². The zero-order valence-corrected chi connectivity index (χ0v) is 24.4. The molecule has 12 nitrogen and oxygen atoms in total. The molecule has 224 valence electrons. The van der Waals surface area contributed by atoms with E-state index in [1.165, 1.54) is 0 Å². The van der Waals surface area contributed by atoms with Gasteiger partial charge in [0.15, 0.2) is 17.0 Å². The molecule has 2 aromatic heterocycles. The standard InChI is InChI=1S/C29H43N7O5/c1-4-5-16-41-28-32-25(30)24-26(33-28)36(29(31-24)39-3)11-7-10-35(13-12-34-14-17-40-18-15-34)20-22-8-6-9-23(19-22)21(2)27(37)38/h6,8-9,19,21H,4-5,7,10-18,20H2,1-3H3,(H,37,38)(H2,30,32,33).